The van der Waals surface area contributed by atoms with Crippen molar-refractivity contribution in [2.45, 2.75) is 20.3 Å². The first-order chi connectivity index (χ1) is 10.6. The summed E-state index contributed by atoms with van der Waals surface area (Å²) in [5.41, 5.74) is 2.30. The van der Waals surface area contributed by atoms with Gasteiger partial charge in [0.05, 0.1) is 0 Å². The molecular weight excluding hydrogens is 296 g/mol. The number of aromatic nitrogens is 3. The van der Waals surface area contributed by atoms with Crippen LogP contribution in [0.25, 0.3) is 21.6 Å². The number of carbonyl (C=O) groups is 1. The van der Waals surface area contributed by atoms with Crippen LogP contribution < -0.4 is 5.32 Å². The van der Waals surface area contributed by atoms with Gasteiger partial charge in [-0.1, -0.05) is 13.8 Å². The summed E-state index contributed by atoms with van der Waals surface area (Å²) >= 11 is 1.48. The number of rotatable bonds is 5. The number of thiazole rings is 1. The van der Waals surface area contributed by atoms with Gasteiger partial charge in [-0.05, 0) is 24.5 Å². The number of amides is 1. The number of nitrogens with zero attached hydrogens (tertiary/aromatic N) is 2. The van der Waals surface area contributed by atoms with Crippen LogP contribution in [-0.4, -0.2) is 27.4 Å². The molecule has 1 amide bonds. The molecule has 0 aliphatic heterocycles. The topological polar surface area (TPSA) is 70.7 Å². The predicted molar refractivity (Wildman–Crippen MR) is 93.2 cm³/mol. The first-order valence-corrected chi connectivity index (χ1v) is 8.19. The Balaban J connectivity index is 0.00000144. The number of pyridine rings is 1. The summed E-state index contributed by atoms with van der Waals surface area (Å²) in [6.45, 7) is 4.96. The van der Waals surface area contributed by atoms with E-state index in [0.29, 0.717) is 18.2 Å². The van der Waals surface area contributed by atoms with Gasteiger partial charge in [0.2, 0.25) is 0 Å². The van der Waals surface area contributed by atoms with Crippen molar-refractivity contribution in [1.29, 1.82) is 0 Å². The predicted octanol–water partition coefficient (Wildman–Crippen LogP) is 3.95. The van der Waals surface area contributed by atoms with Gasteiger partial charge in [0, 0.05) is 38.1 Å². The van der Waals surface area contributed by atoms with Crippen molar-refractivity contribution in [2.75, 3.05) is 6.54 Å². The van der Waals surface area contributed by atoms with Crippen molar-refractivity contribution in [1.82, 2.24) is 20.3 Å². The molecule has 3 heterocycles. The summed E-state index contributed by atoms with van der Waals surface area (Å²) in [6.07, 6.45) is 4.57. The summed E-state index contributed by atoms with van der Waals surface area (Å²) in [5.74, 6) is 0.465. The van der Waals surface area contributed by atoms with E-state index in [2.05, 4.69) is 34.1 Å². The van der Waals surface area contributed by atoms with E-state index in [0.717, 1.165) is 28.0 Å². The van der Waals surface area contributed by atoms with E-state index >= 15 is 0 Å². The Morgan fingerprint density at radius 3 is 3.14 bits per heavy atom. The normalized spacial score (nSPS) is 11.2. The fourth-order valence-corrected chi connectivity index (χ4v) is 3.05. The molecule has 118 valence electrons. The average molecular weight is 318 g/mol. The van der Waals surface area contributed by atoms with Crippen molar-refractivity contribution >= 4 is 28.3 Å². The van der Waals surface area contributed by atoms with Gasteiger partial charge in [0.1, 0.15) is 16.3 Å². The molecule has 0 bridgehead atoms. The van der Waals surface area contributed by atoms with Crippen LogP contribution in [0.3, 0.4) is 0 Å². The zero-order chi connectivity index (χ0) is 15.5. The quantitative estimate of drug-likeness (QED) is 0.748. The number of nitrogens with one attached hydrogen (secondary N) is 2. The minimum atomic E-state index is -0.109. The minimum Gasteiger partial charge on any atom is -0.351 e. The zero-order valence-corrected chi connectivity index (χ0v) is 13.4. The molecule has 0 aromatic carbocycles. The number of aromatic amines is 1. The Bertz CT molecular complexity index is 800. The van der Waals surface area contributed by atoms with Crippen molar-refractivity contribution < 1.29 is 7.65 Å². The van der Waals surface area contributed by atoms with Crippen LogP contribution in [0.15, 0.2) is 29.9 Å². The molecule has 0 saturated heterocycles. The van der Waals surface area contributed by atoms with Gasteiger partial charge < -0.3 is 10.3 Å². The fraction of sp³-hybridized carbons (Fsp3) is 0.312. The smallest absolute Gasteiger partial charge is 0.270 e. The largest absolute Gasteiger partial charge is 0.351 e. The molecule has 0 atom stereocenters. The van der Waals surface area contributed by atoms with Gasteiger partial charge in [-0.15, -0.1) is 11.3 Å². The molecule has 0 aliphatic carbocycles. The summed E-state index contributed by atoms with van der Waals surface area (Å²) in [7, 11) is 0. The highest BCUT2D eigenvalue weighted by Crippen LogP contribution is 2.29. The van der Waals surface area contributed by atoms with E-state index in [1.165, 1.54) is 11.3 Å². The molecule has 0 spiro atoms. The highest BCUT2D eigenvalue weighted by Gasteiger charge is 2.13. The Morgan fingerprint density at radius 1 is 1.45 bits per heavy atom. The molecule has 22 heavy (non-hydrogen) atoms. The van der Waals surface area contributed by atoms with Crippen LogP contribution in [0.2, 0.25) is 0 Å². The molecule has 3 aromatic rings. The third-order valence-electron chi connectivity index (χ3n) is 3.43. The second-order valence-electron chi connectivity index (χ2n) is 5.57. The number of carbonyl (C=O) groups excluding carboxylic acids is 1. The second kappa shape index (κ2) is 6.27. The van der Waals surface area contributed by atoms with Crippen LogP contribution in [0.5, 0.6) is 0 Å². The monoisotopic (exact) mass is 318 g/mol. The maximum atomic E-state index is 12.1. The van der Waals surface area contributed by atoms with Crippen molar-refractivity contribution in [3.05, 3.63) is 35.6 Å². The summed E-state index contributed by atoms with van der Waals surface area (Å²) in [6, 6.07) is 3.90. The first-order valence-electron chi connectivity index (χ1n) is 7.31. The van der Waals surface area contributed by atoms with Crippen LogP contribution in [0.1, 0.15) is 33.6 Å². The van der Waals surface area contributed by atoms with Crippen molar-refractivity contribution in [3.63, 3.8) is 0 Å². The van der Waals surface area contributed by atoms with Gasteiger partial charge in [0.25, 0.3) is 5.91 Å². The molecule has 0 unspecified atom stereocenters. The van der Waals surface area contributed by atoms with E-state index in [9.17, 15) is 4.79 Å². The Hall–Kier alpha value is -2.21. The Morgan fingerprint density at radius 2 is 2.32 bits per heavy atom. The lowest BCUT2D eigenvalue weighted by molar-refractivity contribution is 0.0948. The van der Waals surface area contributed by atoms with Gasteiger partial charge in [-0.3, -0.25) is 4.79 Å². The van der Waals surface area contributed by atoms with Gasteiger partial charge >= 0.3 is 0 Å². The van der Waals surface area contributed by atoms with E-state index in [4.69, 9.17) is 0 Å². The van der Waals surface area contributed by atoms with E-state index < -0.39 is 0 Å². The van der Waals surface area contributed by atoms with Crippen LogP contribution in [-0.2, 0) is 0 Å². The highest BCUT2D eigenvalue weighted by atomic mass is 32.1. The standard InChI is InChI=1S/C16H18N4OS.2H2/c1-10(2)3-6-19-15(21)13-9-22-16(20-13)12-5-8-18-14-11(12)4-7-17-14;;/h4-5,7-10H,3,6H2,1-2H3,(H,17,18)(H,19,21);2*1H. The Labute approximate surface area is 135 Å². The molecule has 5 nitrogen and oxygen atoms in total. The van der Waals surface area contributed by atoms with E-state index in [1.54, 1.807) is 11.6 Å². The molecular formula is C16H22N4OS. The molecule has 6 heteroatoms. The fourth-order valence-electron chi connectivity index (χ4n) is 2.21. The maximum absolute atomic E-state index is 12.1. The molecule has 0 radical (unpaired) electrons. The number of hydrogen-bond donors (Lipinski definition) is 2. The lowest BCUT2D eigenvalue weighted by atomic mass is 10.1. The Kier molecular flexibility index (Phi) is 4.20. The van der Waals surface area contributed by atoms with Crippen LogP contribution in [0.4, 0.5) is 0 Å². The van der Waals surface area contributed by atoms with E-state index in [1.807, 2.05) is 18.3 Å². The average Bonchev–Trinajstić information content (AvgIpc) is 3.15. The van der Waals surface area contributed by atoms with Crippen molar-refractivity contribution in [2.24, 2.45) is 5.92 Å². The number of fused-ring (bicyclic) bond motifs is 1. The van der Waals surface area contributed by atoms with Gasteiger partial charge in [-0.25, -0.2) is 9.97 Å². The maximum Gasteiger partial charge on any atom is 0.270 e. The lowest BCUT2D eigenvalue weighted by Crippen LogP contribution is -2.25. The van der Waals surface area contributed by atoms with Crippen molar-refractivity contribution in [3.8, 4) is 10.6 Å². The molecule has 2 N–H and O–H groups in total. The SMILES string of the molecule is CC(C)CCNC(=O)c1csc(-c2ccnc3[nH]ccc23)n1.[HH].[HH]. The van der Waals surface area contributed by atoms with Gasteiger partial charge in [-0.2, -0.15) is 0 Å². The molecule has 3 aromatic heterocycles. The highest BCUT2D eigenvalue weighted by molar-refractivity contribution is 7.13. The number of hydrogen-bond acceptors (Lipinski definition) is 4. The third kappa shape index (κ3) is 3.01. The minimum absolute atomic E-state index is 0. The number of H-pyrrole nitrogens is 1. The molecule has 3 rings (SSSR count). The molecule has 0 fully saturated rings. The van der Waals surface area contributed by atoms with E-state index in [-0.39, 0.29) is 8.76 Å². The summed E-state index contributed by atoms with van der Waals surface area (Å²) in [5, 5.41) is 6.57. The van der Waals surface area contributed by atoms with Crippen LogP contribution >= 0.6 is 11.3 Å². The molecule has 0 saturated carbocycles. The lowest BCUT2D eigenvalue weighted by Gasteiger charge is -2.05. The second-order valence-corrected chi connectivity index (χ2v) is 6.43. The van der Waals surface area contributed by atoms with Crippen LogP contribution in [0, 0.1) is 5.92 Å². The first kappa shape index (κ1) is 14.7. The zero-order valence-electron chi connectivity index (χ0n) is 12.6. The summed E-state index contributed by atoms with van der Waals surface area (Å²) in [4.78, 5) is 23.9. The molecule has 0 aliphatic rings. The third-order valence-corrected chi connectivity index (χ3v) is 4.31. The summed E-state index contributed by atoms with van der Waals surface area (Å²) < 4.78 is 0. The van der Waals surface area contributed by atoms with Gasteiger partial charge in [0.15, 0.2) is 0 Å².